The third-order valence-electron chi connectivity index (χ3n) is 2.98. The van der Waals surface area contributed by atoms with E-state index in [0.29, 0.717) is 16.7 Å². The van der Waals surface area contributed by atoms with Crippen molar-refractivity contribution in [3.8, 4) is 0 Å². The summed E-state index contributed by atoms with van der Waals surface area (Å²) in [6.07, 6.45) is 3.54. The van der Waals surface area contributed by atoms with Crippen molar-refractivity contribution in [2.45, 2.75) is 48.7 Å². The minimum atomic E-state index is 0.312. The molecule has 1 aromatic rings. The van der Waals surface area contributed by atoms with Gasteiger partial charge >= 0.3 is 0 Å². The van der Waals surface area contributed by atoms with Crippen molar-refractivity contribution in [2.24, 2.45) is 11.1 Å². The normalized spacial score (nSPS) is 30.3. The maximum Gasteiger partial charge on any atom is 0.174 e. The van der Waals surface area contributed by atoms with Crippen molar-refractivity contribution in [2.75, 3.05) is 0 Å². The fourth-order valence-electron chi connectivity index (χ4n) is 2.01. The summed E-state index contributed by atoms with van der Waals surface area (Å²) in [6.45, 7) is 4.65. The molecule has 2 atom stereocenters. The number of hydrogen-bond acceptors (Lipinski definition) is 5. The van der Waals surface area contributed by atoms with Gasteiger partial charge in [0.25, 0.3) is 0 Å². The molecule has 0 spiro atoms. The first-order valence-electron chi connectivity index (χ1n) is 5.25. The Hall–Kier alpha value is -0.130. The molecule has 1 aliphatic carbocycles. The molecule has 1 heterocycles. The highest BCUT2D eigenvalue weighted by Gasteiger charge is 2.33. The molecule has 84 valence electrons. The summed E-state index contributed by atoms with van der Waals surface area (Å²) in [5.41, 5.74) is 8.36. The number of thioether (sulfide) groups is 1. The smallest absolute Gasteiger partial charge is 0.174 e. The van der Waals surface area contributed by atoms with Gasteiger partial charge in [0.15, 0.2) is 4.34 Å². The van der Waals surface area contributed by atoms with Gasteiger partial charge in [-0.3, -0.25) is 0 Å². The summed E-state index contributed by atoms with van der Waals surface area (Å²) in [7, 11) is 0. The highest BCUT2D eigenvalue weighted by Crippen LogP contribution is 2.42. The maximum absolute atomic E-state index is 6.15. The first-order valence-corrected chi connectivity index (χ1v) is 7.01. The molecule has 0 bridgehead atoms. The number of nitrogens with two attached hydrogens (primary N) is 1. The molecule has 1 fully saturated rings. The summed E-state index contributed by atoms with van der Waals surface area (Å²) >= 11 is 3.41. The van der Waals surface area contributed by atoms with Crippen LogP contribution >= 0.6 is 23.1 Å². The molecule has 2 unspecified atom stereocenters. The second-order valence-electron chi connectivity index (χ2n) is 4.93. The van der Waals surface area contributed by atoms with Crippen LogP contribution in [0.4, 0.5) is 0 Å². The molecular weight excluding hydrogens is 226 g/mol. The van der Waals surface area contributed by atoms with E-state index in [2.05, 4.69) is 24.0 Å². The second kappa shape index (κ2) is 4.39. The van der Waals surface area contributed by atoms with E-state index in [-0.39, 0.29) is 0 Å². The molecule has 0 radical (unpaired) electrons. The minimum absolute atomic E-state index is 0.312. The third-order valence-corrected chi connectivity index (χ3v) is 5.14. The Labute approximate surface area is 98.9 Å². The molecule has 2 rings (SSSR count). The van der Waals surface area contributed by atoms with Crippen LogP contribution < -0.4 is 5.73 Å². The molecule has 3 nitrogen and oxygen atoms in total. The highest BCUT2D eigenvalue weighted by molar-refractivity contribution is 8.01. The number of nitrogens with zero attached hydrogens (tertiary/aromatic N) is 2. The SMILES string of the molecule is CC1(C)CCC(N)C(Sc2nncs2)C1. The van der Waals surface area contributed by atoms with Gasteiger partial charge in [0.05, 0.1) is 0 Å². The average molecular weight is 243 g/mol. The zero-order chi connectivity index (χ0) is 10.9. The van der Waals surface area contributed by atoms with E-state index >= 15 is 0 Å². The first-order chi connectivity index (χ1) is 7.07. The van der Waals surface area contributed by atoms with Gasteiger partial charge in [0, 0.05) is 11.3 Å². The minimum Gasteiger partial charge on any atom is -0.327 e. The Morgan fingerprint density at radius 1 is 1.60 bits per heavy atom. The van der Waals surface area contributed by atoms with Crippen molar-refractivity contribution < 1.29 is 0 Å². The van der Waals surface area contributed by atoms with Crippen molar-refractivity contribution in [3.05, 3.63) is 5.51 Å². The van der Waals surface area contributed by atoms with Gasteiger partial charge in [-0.2, -0.15) is 0 Å². The van der Waals surface area contributed by atoms with E-state index in [1.54, 1.807) is 28.6 Å². The fourth-order valence-corrected chi connectivity index (χ4v) is 4.21. The van der Waals surface area contributed by atoms with Crippen LogP contribution in [0.2, 0.25) is 0 Å². The summed E-state index contributed by atoms with van der Waals surface area (Å²) in [6, 6.07) is 0.312. The second-order valence-corrected chi connectivity index (χ2v) is 7.25. The van der Waals surface area contributed by atoms with E-state index in [9.17, 15) is 0 Å². The zero-order valence-electron chi connectivity index (χ0n) is 9.14. The van der Waals surface area contributed by atoms with E-state index in [4.69, 9.17) is 5.73 Å². The highest BCUT2D eigenvalue weighted by atomic mass is 32.2. The monoisotopic (exact) mass is 243 g/mol. The Kier molecular flexibility index (Phi) is 3.33. The molecule has 0 saturated heterocycles. The molecule has 0 aromatic carbocycles. The Morgan fingerprint density at radius 2 is 2.40 bits per heavy atom. The molecule has 0 aliphatic heterocycles. The molecule has 0 amide bonds. The molecular formula is C10H17N3S2. The first kappa shape index (κ1) is 11.4. The van der Waals surface area contributed by atoms with Crippen LogP contribution in [0, 0.1) is 5.41 Å². The Balaban J connectivity index is 2.01. The lowest BCUT2D eigenvalue weighted by Crippen LogP contribution is -2.41. The van der Waals surface area contributed by atoms with Crippen LogP contribution in [0.25, 0.3) is 0 Å². The summed E-state index contributed by atoms with van der Waals surface area (Å²) in [4.78, 5) is 0. The molecule has 1 aliphatic rings. The van der Waals surface area contributed by atoms with Crippen molar-refractivity contribution in [1.29, 1.82) is 0 Å². The summed E-state index contributed by atoms with van der Waals surface area (Å²) in [5, 5.41) is 8.43. The number of rotatable bonds is 2. The zero-order valence-corrected chi connectivity index (χ0v) is 10.8. The molecule has 2 N–H and O–H groups in total. The predicted octanol–water partition coefficient (Wildman–Crippen LogP) is 2.54. The fraction of sp³-hybridized carbons (Fsp3) is 0.800. The topological polar surface area (TPSA) is 51.8 Å². The van der Waals surface area contributed by atoms with E-state index in [0.717, 1.165) is 10.8 Å². The van der Waals surface area contributed by atoms with Crippen LogP contribution in [0.15, 0.2) is 9.85 Å². The number of aromatic nitrogens is 2. The lowest BCUT2D eigenvalue weighted by Gasteiger charge is -2.38. The third kappa shape index (κ3) is 2.92. The van der Waals surface area contributed by atoms with Crippen LogP contribution in [0.1, 0.15) is 33.1 Å². The van der Waals surface area contributed by atoms with Gasteiger partial charge in [0.1, 0.15) is 5.51 Å². The van der Waals surface area contributed by atoms with Crippen LogP contribution in [0.3, 0.4) is 0 Å². The van der Waals surface area contributed by atoms with Gasteiger partial charge in [0.2, 0.25) is 0 Å². The van der Waals surface area contributed by atoms with E-state index < -0.39 is 0 Å². The van der Waals surface area contributed by atoms with Crippen LogP contribution in [0.5, 0.6) is 0 Å². The maximum atomic E-state index is 6.15. The average Bonchev–Trinajstić information content (AvgIpc) is 2.64. The van der Waals surface area contributed by atoms with Crippen molar-refractivity contribution in [1.82, 2.24) is 10.2 Å². The van der Waals surface area contributed by atoms with Gasteiger partial charge < -0.3 is 5.73 Å². The summed E-state index contributed by atoms with van der Waals surface area (Å²) in [5.74, 6) is 0. The quantitative estimate of drug-likeness (QED) is 0.867. The van der Waals surface area contributed by atoms with E-state index in [1.165, 1.54) is 12.8 Å². The Bertz CT molecular complexity index is 310. The summed E-state index contributed by atoms with van der Waals surface area (Å²) < 4.78 is 1.05. The van der Waals surface area contributed by atoms with Gasteiger partial charge in [-0.25, -0.2) is 0 Å². The largest absolute Gasteiger partial charge is 0.327 e. The molecule has 5 heteroatoms. The van der Waals surface area contributed by atoms with Crippen LogP contribution in [-0.2, 0) is 0 Å². The number of hydrogen-bond donors (Lipinski definition) is 1. The van der Waals surface area contributed by atoms with Crippen molar-refractivity contribution in [3.63, 3.8) is 0 Å². The lowest BCUT2D eigenvalue weighted by molar-refractivity contribution is 0.232. The van der Waals surface area contributed by atoms with Gasteiger partial charge in [-0.05, 0) is 24.7 Å². The predicted molar refractivity (Wildman–Crippen MR) is 65.2 cm³/mol. The molecule has 15 heavy (non-hydrogen) atoms. The van der Waals surface area contributed by atoms with Gasteiger partial charge in [-0.15, -0.1) is 10.2 Å². The van der Waals surface area contributed by atoms with Gasteiger partial charge in [-0.1, -0.05) is 36.9 Å². The van der Waals surface area contributed by atoms with Crippen molar-refractivity contribution >= 4 is 23.1 Å². The standard InChI is InChI=1S/C10H17N3S2/c1-10(2)4-3-7(11)8(5-10)15-9-13-12-6-14-9/h6-8H,3-5,11H2,1-2H3. The van der Waals surface area contributed by atoms with Crippen LogP contribution in [-0.4, -0.2) is 21.5 Å². The molecule has 1 aromatic heterocycles. The lowest BCUT2D eigenvalue weighted by atomic mass is 9.75. The Morgan fingerprint density at radius 3 is 3.07 bits per heavy atom. The van der Waals surface area contributed by atoms with E-state index in [1.807, 2.05) is 0 Å². The molecule has 1 saturated carbocycles.